The van der Waals surface area contributed by atoms with E-state index in [-0.39, 0.29) is 24.0 Å². The molecular formula is C14H24IN3O2. The molecule has 0 radical (unpaired) electrons. The predicted molar refractivity (Wildman–Crippen MR) is 92.7 cm³/mol. The number of guanidine groups is 1. The smallest absolute Gasteiger partial charge is 0.191 e. The average molecular weight is 393 g/mol. The van der Waals surface area contributed by atoms with Crippen molar-refractivity contribution in [2.75, 3.05) is 20.1 Å². The fourth-order valence-corrected chi connectivity index (χ4v) is 1.91. The summed E-state index contributed by atoms with van der Waals surface area (Å²) >= 11 is 0. The number of nitrogens with zero attached hydrogens (tertiary/aromatic N) is 1. The molecule has 6 heteroatoms. The van der Waals surface area contributed by atoms with Crippen molar-refractivity contribution in [2.45, 2.75) is 26.4 Å². The van der Waals surface area contributed by atoms with Crippen molar-refractivity contribution >= 4 is 29.9 Å². The van der Waals surface area contributed by atoms with E-state index in [1.54, 1.807) is 20.0 Å². The third-order valence-electron chi connectivity index (χ3n) is 2.86. The summed E-state index contributed by atoms with van der Waals surface area (Å²) in [7, 11) is 1.68. The maximum absolute atomic E-state index is 10.5. The lowest BCUT2D eigenvalue weighted by Crippen LogP contribution is -2.44. The number of hydrogen-bond acceptors (Lipinski definition) is 3. The normalized spacial score (nSPS) is 14.2. The van der Waals surface area contributed by atoms with E-state index < -0.39 is 5.60 Å². The Morgan fingerprint density at radius 1 is 1.50 bits per heavy atom. The molecule has 3 N–H and O–H groups in total. The lowest BCUT2D eigenvalue weighted by atomic mass is 9.96. The number of aliphatic imine (C=N–C) groups is 1. The molecule has 5 nitrogen and oxygen atoms in total. The van der Waals surface area contributed by atoms with Crippen molar-refractivity contribution in [1.29, 1.82) is 0 Å². The Labute approximate surface area is 137 Å². The second-order valence-electron chi connectivity index (χ2n) is 4.70. The van der Waals surface area contributed by atoms with E-state index in [0.717, 1.165) is 17.1 Å². The molecule has 0 bridgehead atoms. The zero-order chi connectivity index (χ0) is 14.5. The molecule has 0 aromatic carbocycles. The Hall–Kier alpha value is -1.02. The summed E-state index contributed by atoms with van der Waals surface area (Å²) in [4.78, 5) is 4.06. The van der Waals surface area contributed by atoms with Crippen LogP contribution in [0, 0.1) is 13.8 Å². The third-order valence-corrected chi connectivity index (χ3v) is 2.86. The maximum atomic E-state index is 10.5. The van der Waals surface area contributed by atoms with E-state index in [9.17, 15) is 5.11 Å². The van der Waals surface area contributed by atoms with Gasteiger partial charge in [0, 0.05) is 19.2 Å². The van der Waals surface area contributed by atoms with Crippen LogP contribution in [-0.2, 0) is 5.60 Å². The summed E-state index contributed by atoms with van der Waals surface area (Å²) in [6, 6.07) is 1.86. The molecule has 114 valence electrons. The summed E-state index contributed by atoms with van der Waals surface area (Å²) in [5.41, 5.74) is -0.232. The predicted octanol–water partition coefficient (Wildman–Crippen LogP) is 2.07. The van der Waals surface area contributed by atoms with Crippen molar-refractivity contribution in [3.63, 3.8) is 0 Å². The van der Waals surface area contributed by atoms with Gasteiger partial charge >= 0.3 is 0 Å². The molecule has 0 saturated heterocycles. The van der Waals surface area contributed by atoms with Gasteiger partial charge in [0.05, 0.1) is 6.54 Å². The molecule has 1 aromatic heterocycles. The number of hydrogen-bond donors (Lipinski definition) is 3. The van der Waals surface area contributed by atoms with Gasteiger partial charge < -0.3 is 20.2 Å². The molecule has 1 heterocycles. The quantitative estimate of drug-likeness (QED) is 0.310. The highest BCUT2D eigenvalue weighted by Gasteiger charge is 2.27. The van der Waals surface area contributed by atoms with Gasteiger partial charge in [-0.05, 0) is 26.8 Å². The van der Waals surface area contributed by atoms with Gasteiger partial charge in [0.25, 0.3) is 0 Å². The second kappa shape index (κ2) is 8.31. The van der Waals surface area contributed by atoms with Crippen LogP contribution < -0.4 is 10.6 Å². The minimum atomic E-state index is -1.02. The number of furan rings is 1. The molecule has 1 rings (SSSR count). The largest absolute Gasteiger partial charge is 0.466 e. The Morgan fingerprint density at radius 2 is 2.15 bits per heavy atom. The van der Waals surface area contributed by atoms with Crippen LogP contribution in [-0.4, -0.2) is 31.2 Å². The van der Waals surface area contributed by atoms with Gasteiger partial charge in [0.2, 0.25) is 0 Å². The van der Waals surface area contributed by atoms with Crippen molar-refractivity contribution in [3.8, 4) is 0 Å². The topological polar surface area (TPSA) is 69.8 Å². The first-order valence-corrected chi connectivity index (χ1v) is 6.26. The van der Waals surface area contributed by atoms with Crippen LogP contribution in [0.1, 0.15) is 24.0 Å². The molecule has 0 spiro atoms. The fourth-order valence-electron chi connectivity index (χ4n) is 1.91. The van der Waals surface area contributed by atoms with Crippen molar-refractivity contribution < 1.29 is 9.52 Å². The van der Waals surface area contributed by atoms with Crippen LogP contribution in [0.4, 0.5) is 0 Å². The molecule has 0 aliphatic heterocycles. The molecule has 0 aliphatic carbocycles. The van der Waals surface area contributed by atoms with Gasteiger partial charge in [-0.1, -0.05) is 6.08 Å². The van der Waals surface area contributed by atoms with Gasteiger partial charge in [0.1, 0.15) is 17.1 Å². The van der Waals surface area contributed by atoms with E-state index in [4.69, 9.17) is 4.42 Å². The van der Waals surface area contributed by atoms with Crippen LogP contribution in [0.3, 0.4) is 0 Å². The van der Waals surface area contributed by atoms with Crippen LogP contribution in [0.25, 0.3) is 0 Å². The highest BCUT2D eigenvalue weighted by molar-refractivity contribution is 14.0. The molecule has 0 fully saturated rings. The summed E-state index contributed by atoms with van der Waals surface area (Å²) < 4.78 is 5.45. The molecular weight excluding hydrogens is 369 g/mol. The number of aryl methyl sites for hydroxylation is 2. The van der Waals surface area contributed by atoms with Gasteiger partial charge in [0.15, 0.2) is 5.96 Å². The van der Waals surface area contributed by atoms with Crippen LogP contribution in [0.15, 0.2) is 28.1 Å². The standard InChI is InChI=1S/C14H23N3O2.HI/c1-6-7-16-13(15-5)17-9-14(4,18)12-8-10(2)19-11(12)3;/h6,8,18H,1,7,9H2,2-5H3,(H2,15,16,17);1H. The zero-order valence-corrected chi connectivity index (χ0v) is 14.8. The Kier molecular flexibility index (Phi) is 7.88. The highest BCUT2D eigenvalue weighted by Crippen LogP contribution is 2.26. The van der Waals surface area contributed by atoms with Gasteiger partial charge in [-0.15, -0.1) is 30.6 Å². The van der Waals surface area contributed by atoms with E-state index in [1.165, 1.54) is 0 Å². The first kappa shape index (κ1) is 19.0. The van der Waals surface area contributed by atoms with E-state index >= 15 is 0 Å². The summed E-state index contributed by atoms with van der Waals surface area (Å²) in [6.07, 6.45) is 1.74. The van der Waals surface area contributed by atoms with Crippen LogP contribution in [0.2, 0.25) is 0 Å². The van der Waals surface area contributed by atoms with E-state index in [1.807, 2.05) is 19.9 Å². The Morgan fingerprint density at radius 3 is 2.60 bits per heavy atom. The molecule has 1 aromatic rings. The van der Waals surface area contributed by atoms with E-state index in [2.05, 4.69) is 22.2 Å². The third kappa shape index (κ3) is 5.16. The fraction of sp³-hybridized carbons (Fsp3) is 0.500. The molecule has 0 saturated carbocycles. The first-order chi connectivity index (χ1) is 8.90. The van der Waals surface area contributed by atoms with Gasteiger partial charge in [-0.25, -0.2) is 0 Å². The van der Waals surface area contributed by atoms with E-state index in [0.29, 0.717) is 19.0 Å². The van der Waals surface area contributed by atoms with Crippen molar-refractivity contribution in [2.24, 2.45) is 4.99 Å². The van der Waals surface area contributed by atoms with Gasteiger partial charge in [-0.3, -0.25) is 4.99 Å². The molecule has 0 aliphatic rings. The number of nitrogens with one attached hydrogen (secondary N) is 2. The highest BCUT2D eigenvalue weighted by atomic mass is 127. The maximum Gasteiger partial charge on any atom is 0.191 e. The van der Waals surface area contributed by atoms with Crippen LogP contribution in [0.5, 0.6) is 0 Å². The zero-order valence-electron chi connectivity index (χ0n) is 12.5. The molecule has 1 unspecified atom stereocenters. The monoisotopic (exact) mass is 393 g/mol. The average Bonchev–Trinajstić information content (AvgIpc) is 2.69. The van der Waals surface area contributed by atoms with Gasteiger partial charge in [-0.2, -0.15) is 0 Å². The Bertz CT molecular complexity index is 467. The summed E-state index contributed by atoms with van der Waals surface area (Å²) in [5.74, 6) is 2.15. The lowest BCUT2D eigenvalue weighted by molar-refractivity contribution is 0.0602. The minimum Gasteiger partial charge on any atom is -0.466 e. The molecule has 1 atom stereocenters. The van der Waals surface area contributed by atoms with Crippen molar-refractivity contribution in [3.05, 3.63) is 35.8 Å². The number of halogens is 1. The number of rotatable bonds is 5. The minimum absolute atomic E-state index is 0. The molecule has 0 amide bonds. The second-order valence-corrected chi connectivity index (χ2v) is 4.70. The summed E-state index contributed by atoms with van der Waals surface area (Å²) in [5, 5.41) is 16.7. The lowest BCUT2D eigenvalue weighted by Gasteiger charge is -2.24. The van der Waals surface area contributed by atoms with Crippen molar-refractivity contribution in [1.82, 2.24) is 10.6 Å². The number of aliphatic hydroxyl groups is 1. The molecule has 20 heavy (non-hydrogen) atoms. The SMILES string of the molecule is C=CCNC(=NC)NCC(C)(O)c1cc(C)oc1C.I. The first-order valence-electron chi connectivity index (χ1n) is 6.26. The Balaban J connectivity index is 0.00000361. The summed E-state index contributed by atoms with van der Waals surface area (Å²) in [6.45, 7) is 10.0. The van der Waals surface area contributed by atoms with Crippen LogP contribution >= 0.6 is 24.0 Å².